The predicted octanol–water partition coefficient (Wildman–Crippen LogP) is 2.79. The molecule has 2 aromatic carbocycles. The van der Waals surface area contributed by atoms with E-state index in [0.717, 1.165) is 17.3 Å². The van der Waals surface area contributed by atoms with Crippen LogP contribution in [0.5, 0.6) is 0 Å². The van der Waals surface area contributed by atoms with Crippen molar-refractivity contribution in [2.24, 2.45) is 5.10 Å². The minimum absolute atomic E-state index is 0.225. The number of nitro benzene ring substituents is 1. The second kappa shape index (κ2) is 7.61. The number of nitrogens with zero attached hydrogens (tertiary/aromatic N) is 4. The van der Waals surface area contributed by atoms with Crippen molar-refractivity contribution in [1.82, 2.24) is 14.4 Å². The van der Waals surface area contributed by atoms with Crippen LogP contribution in [0, 0.1) is 17.0 Å². The molecule has 0 aliphatic carbocycles. The summed E-state index contributed by atoms with van der Waals surface area (Å²) in [6.07, 6.45) is 5.15. The summed E-state index contributed by atoms with van der Waals surface area (Å²) >= 11 is 0. The summed E-state index contributed by atoms with van der Waals surface area (Å²) in [6, 6.07) is 11.0. The van der Waals surface area contributed by atoms with E-state index in [1.54, 1.807) is 31.6 Å². The highest BCUT2D eigenvalue weighted by Gasteiger charge is 2.19. The van der Waals surface area contributed by atoms with E-state index in [0.29, 0.717) is 11.3 Å². The van der Waals surface area contributed by atoms with Gasteiger partial charge in [-0.2, -0.15) is 18.4 Å². The molecule has 144 valence electrons. The zero-order chi connectivity index (χ0) is 20.3. The molecule has 0 bridgehead atoms. The van der Waals surface area contributed by atoms with Gasteiger partial charge >= 0.3 is 0 Å². The molecule has 0 unspecified atom stereocenters. The number of benzene rings is 2. The van der Waals surface area contributed by atoms with E-state index in [-0.39, 0.29) is 10.6 Å². The minimum atomic E-state index is -4.03. The summed E-state index contributed by atoms with van der Waals surface area (Å²) in [5.74, 6) is 0. The average Bonchev–Trinajstić information content (AvgIpc) is 3.21. The van der Waals surface area contributed by atoms with Gasteiger partial charge in [0.1, 0.15) is 0 Å². The van der Waals surface area contributed by atoms with Crippen molar-refractivity contribution in [3.63, 3.8) is 0 Å². The molecule has 1 aromatic heterocycles. The van der Waals surface area contributed by atoms with Crippen LogP contribution in [0.4, 0.5) is 5.69 Å². The Kier molecular flexibility index (Phi) is 5.23. The zero-order valence-electron chi connectivity index (χ0n) is 15.1. The lowest BCUT2D eigenvalue weighted by Gasteiger charge is -2.07. The molecule has 3 aromatic rings. The van der Waals surface area contributed by atoms with Crippen molar-refractivity contribution in [3.05, 3.63) is 82.4 Å². The Morgan fingerprint density at radius 1 is 1.21 bits per heavy atom. The van der Waals surface area contributed by atoms with Crippen LogP contribution in [0.15, 0.2) is 71.2 Å². The lowest BCUT2D eigenvalue weighted by atomic mass is 10.1. The van der Waals surface area contributed by atoms with Gasteiger partial charge in [-0.15, -0.1) is 0 Å². The molecule has 3 rings (SSSR count). The van der Waals surface area contributed by atoms with Crippen molar-refractivity contribution < 1.29 is 13.3 Å². The SMILES string of the molecule is C/C(=N/NS(=O)(=O)c1ccc(C)c([N+](=O)[O-])c1)c1ccc(-n2ccnc2)cc1. The van der Waals surface area contributed by atoms with Crippen LogP contribution in [-0.4, -0.2) is 28.6 Å². The van der Waals surface area contributed by atoms with Crippen LogP contribution >= 0.6 is 0 Å². The Balaban J connectivity index is 1.80. The van der Waals surface area contributed by atoms with Gasteiger partial charge in [0.2, 0.25) is 0 Å². The molecule has 0 aliphatic rings. The highest BCUT2D eigenvalue weighted by Crippen LogP contribution is 2.22. The van der Waals surface area contributed by atoms with Gasteiger partial charge in [0.15, 0.2) is 0 Å². The summed E-state index contributed by atoms with van der Waals surface area (Å²) in [4.78, 5) is 16.3. The third-order valence-corrected chi connectivity index (χ3v) is 5.31. The normalized spacial score (nSPS) is 12.0. The molecule has 0 aliphatic heterocycles. The summed E-state index contributed by atoms with van der Waals surface area (Å²) in [6.45, 7) is 3.20. The van der Waals surface area contributed by atoms with Gasteiger partial charge < -0.3 is 4.57 Å². The van der Waals surface area contributed by atoms with Crippen molar-refractivity contribution in [1.29, 1.82) is 0 Å². The van der Waals surface area contributed by atoms with Gasteiger partial charge in [-0.3, -0.25) is 10.1 Å². The fourth-order valence-electron chi connectivity index (χ4n) is 2.49. The summed E-state index contributed by atoms with van der Waals surface area (Å²) in [7, 11) is -4.03. The van der Waals surface area contributed by atoms with Crippen molar-refractivity contribution >= 4 is 21.4 Å². The van der Waals surface area contributed by atoms with E-state index in [4.69, 9.17) is 0 Å². The fourth-order valence-corrected chi connectivity index (χ4v) is 3.36. The van der Waals surface area contributed by atoms with Crippen LogP contribution in [-0.2, 0) is 10.0 Å². The molecule has 0 fully saturated rings. The highest BCUT2D eigenvalue weighted by atomic mass is 32.2. The van der Waals surface area contributed by atoms with Crippen molar-refractivity contribution in [2.45, 2.75) is 18.7 Å². The molecule has 9 nitrogen and oxygen atoms in total. The first-order valence-electron chi connectivity index (χ1n) is 8.18. The summed E-state index contributed by atoms with van der Waals surface area (Å²) in [5.41, 5.74) is 2.19. The smallest absolute Gasteiger partial charge is 0.276 e. The maximum absolute atomic E-state index is 12.4. The van der Waals surface area contributed by atoms with Gasteiger partial charge in [0, 0.05) is 29.7 Å². The van der Waals surface area contributed by atoms with Crippen LogP contribution in [0.25, 0.3) is 5.69 Å². The second-order valence-corrected chi connectivity index (χ2v) is 7.68. The van der Waals surface area contributed by atoms with Crippen molar-refractivity contribution in [3.8, 4) is 5.69 Å². The van der Waals surface area contributed by atoms with Crippen molar-refractivity contribution in [2.75, 3.05) is 0 Å². The van der Waals surface area contributed by atoms with Gasteiger partial charge in [-0.25, -0.2) is 4.98 Å². The number of imidazole rings is 1. The van der Waals surface area contributed by atoms with Gasteiger partial charge in [-0.05, 0) is 37.6 Å². The molecular formula is C18H17N5O4S. The number of hydrazone groups is 1. The number of rotatable bonds is 6. The fraction of sp³-hybridized carbons (Fsp3) is 0.111. The van der Waals surface area contributed by atoms with E-state index in [1.165, 1.54) is 19.1 Å². The quantitative estimate of drug-likeness (QED) is 0.388. The number of nitro groups is 1. The Labute approximate surface area is 161 Å². The molecule has 0 radical (unpaired) electrons. The van der Waals surface area contributed by atoms with E-state index < -0.39 is 14.9 Å². The van der Waals surface area contributed by atoms with Gasteiger partial charge in [-0.1, -0.05) is 18.2 Å². The van der Waals surface area contributed by atoms with Crippen LogP contribution in [0.3, 0.4) is 0 Å². The first-order valence-corrected chi connectivity index (χ1v) is 9.66. The molecule has 0 spiro atoms. The average molecular weight is 399 g/mol. The Hall–Kier alpha value is -3.53. The standard InChI is InChI=1S/C18H17N5O4S/c1-13-3-8-17(11-18(13)23(24)25)28(26,27)21-20-14(2)15-4-6-16(7-5-15)22-10-9-19-12-22/h3-12,21H,1-2H3/b20-14-. The Morgan fingerprint density at radius 3 is 2.54 bits per heavy atom. The number of aromatic nitrogens is 2. The molecule has 28 heavy (non-hydrogen) atoms. The minimum Gasteiger partial charge on any atom is -0.306 e. The lowest BCUT2D eigenvalue weighted by molar-refractivity contribution is -0.385. The first-order chi connectivity index (χ1) is 13.3. The summed E-state index contributed by atoms with van der Waals surface area (Å²) in [5, 5.41) is 14.9. The molecule has 1 heterocycles. The number of nitrogens with one attached hydrogen (secondary N) is 1. The second-order valence-electron chi connectivity index (χ2n) is 6.01. The molecule has 1 N–H and O–H groups in total. The predicted molar refractivity (Wildman–Crippen MR) is 104 cm³/mol. The monoisotopic (exact) mass is 399 g/mol. The lowest BCUT2D eigenvalue weighted by Crippen LogP contribution is -2.20. The number of hydrogen-bond donors (Lipinski definition) is 1. The molecule has 0 atom stereocenters. The largest absolute Gasteiger partial charge is 0.306 e. The Bertz CT molecular complexity index is 1140. The van der Waals surface area contributed by atoms with Crippen LogP contribution < -0.4 is 4.83 Å². The maximum Gasteiger partial charge on any atom is 0.276 e. The molecule has 0 saturated carbocycles. The highest BCUT2D eigenvalue weighted by molar-refractivity contribution is 7.89. The third kappa shape index (κ3) is 4.07. The van der Waals surface area contributed by atoms with E-state index in [2.05, 4.69) is 14.9 Å². The number of hydrogen-bond acceptors (Lipinski definition) is 6. The maximum atomic E-state index is 12.4. The van der Waals surface area contributed by atoms with E-state index >= 15 is 0 Å². The summed E-state index contributed by atoms with van der Waals surface area (Å²) < 4.78 is 26.7. The number of sulfonamides is 1. The van der Waals surface area contributed by atoms with E-state index in [1.807, 2.05) is 22.9 Å². The van der Waals surface area contributed by atoms with Crippen LogP contribution in [0.1, 0.15) is 18.1 Å². The first kappa shape index (κ1) is 19.2. The zero-order valence-corrected chi connectivity index (χ0v) is 15.9. The van der Waals surface area contributed by atoms with E-state index in [9.17, 15) is 18.5 Å². The van der Waals surface area contributed by atoms with Crippen LogP contribution in [0.2, 0.25) is 0 Å². The van der Waals surface area contributed by atoms with Gasteiger partial charge in [0.05, 0.1) is 21.9 Å². The third-order valence-electron chi connectivity index (χ3n) is 4.11. The number of aryl methyl sites for hydroxylation is 1. The molecule has 10 heteroatoms. The molecule has 0 amide bonds. The Morgan fingerprint density at radius 2 is 1.93 bits per heavy atom. The molecular weight excluding hydrogens is 382 g/mol. The van der Waals surface area contributed by atoms with Gasteiger partial charge in [0.25, 0.3) is 15.7 Å². The topological polar surface area (TPSA) is 119 Å². The molecule has 0 saturated heterocycles.